The molecule has 0 aliphatic carbocycles. The van der Waals surface area contributed by atoms with E-state index >= 15 is 0 Å². The molecule has 0 radical (unpaired) electrons. The number of amides is 1. The fraction of sp³-hybridized carbons (Fsp3) is 0.143. The Morgan fingerprint density at radius 2 is 1.73 bits per heavy atom. The second-order valence-corrected chi connectivity index (χ2v) is 6.29. The molecule has 2 aromatic carbocycles. The number of anilines is 3. The number of pyridine rings is 1. The lowest BCUT2D eigenvalue weighted by molar-refractivity contribution is 0.102. The molecule has 1 heterocycles. The van der Waals surface area contributed by atoms with Gasteiger partial charge >= 0.3 is 0 Å². The maximum atomic E-state index is 13.0. The summed E-state index contributed by atoms with van der Waals surface area (Å²) < 4.78 is 13.0. The van der Waals surface area contributed by atoms with Crippen molar-refractivity contribution < 1.29 is 9.18 Å². The first-order valence-electron chi connectivity index (χ1n) is 8.41. The Morgan fingerprint density at radius 1 is 1.00 bits per heavy atom. The molecule has 0 bridgehead atoms. The molecule has 1 aromatic heterocycles. The molecule has 0 spiro atoms. The average molecular weight is 349 g/mol. The summed E-state index contributed by atoms with van der Waals surface area (Å²) in [6, 6.07) is 15.4. The number of nitrogens with zero attached hydrogens (tertiary/aromatic N) is 1. The number of carbonyl (C=O) groups excluding carboxylic acids is 1. The third kappa shape index (κ3) is 4.25. The van der Waals surface area contributed by atoms with Crippen molar-refractivity contribution in [2.75, 3.05) is 10.6 Å². The van der Waals surface area contributed by atoms with Crippen LogP contribution in [0.3, 0.4) is 0 Å². The predicted molar refractivity (Wildman–Crippen MR) is 102 cm³/mol. The number of carbonyl (C=O) groups is 1. The Balaban J connectivity index is 1.78. The minimum absolute atomic E-state index is 0.301. The van der Waals surface area contributed by atoms with Gasteiger partial charge in [0, 0.05) is 17.6 Å². The molecule has 0 saturated heterocycles. The second kappa shape index (κ2) is 7.78. The molecule has 3 rings (SSSR count). The van der Waals surface area contributed by atoms with Crippen molar-refractivity contribution in [3.05, 3.63) is 83.9 Å². The maximum Gasteiger partial charge on any atom is 0.257 e. The zero-order valence-corrected chi connectivity index (χ0v) is 14.7. The van der Waals surface area contributed by atoms with Gasteiger partial charge in [-0.2, -0.15) is 0 Å². The van der Waals surface area contributed by atoms with Crippen molar-refractivity contribution >= 4 is 23.0 Å². The number of rotatable bonds is 5. The SMILES string of the molecule is CC(C)c1ccccc1Nc1cncc(C(=O)Nc2ccc(F)cc2)c1. The van der Waals surface area contributed by atoms with E-state index in [1.807, 2.05) is 18.2 Å². The monoisotopic (exact) mass is 349 g/mol. The minimum Gasteiger partial charge on any atom is -0.354 e. The van der Waals surface area contributed by atoms with Crippen LogP contribution in [0.1, 0.15) is 35.7 Å². The van der Waals surface area contributed by atoms with E-state index in [1.54, 1.807) is 12.3 Å². The molecule has 2 N–H and O–H groups in total. The van der Waals surface area contributed by atoms with Gasteiger partial charge in [0.1, 0.15) is 5.82 Å². The van der Waals surface area contributed by atoms with Gasteiger partial charge in [0.25, 0.3) is 5.91 Å². The van der Waals surface area contributed by atoms with E-state index in [9.17, 15) is 9.18 Å². The smallest absolute Gasteiger partial charge is 0.257 e. The lowest BCUT2D eigenvalue weighted by Gasteiger charge is -2.15. The quantitative estimate of drug-likeness (QED) is 0.654. The Morgan fingerprint density at radius 3 is 2.46 bits per heavy atom. The molecule has 4 nitrogen and oxygen atoms in total. The van der Waals surface area contributed by atoms with Crippen LogP contribution in [0.2, 0.25) is 0 Å². The van der Waals surface area contributed by atoms with Gasteiger partial charge in [-0.05, 0) is 47.9 Å². The van der Waals surface area contributed by atoms with Crippen molar-refractivity contribution in [2.45, 2.75) is 19.8 Å². The largest absolute Gasteiger partial charge is 0.354 e. The number of hydrogen-bond donors (Lipinski definition) is 2. The zero-order valence-electron chi connectivity index (χ0n) is 14.7. The molecule has 3 aromatic rings. The van der Waals surface area contributed by atoms with E-state index in [2.05, 4.69) is 35.5 Å². The molecule has 0 saturated carbocycles. The van der Waals surface area contributed by atoms with Gasteiger partial charge in [-0.25, -0.2) is 4.39 Å². The number of aromatic nitrogens is 1. The van der Waals surface area contributed by atoms with Crippen molar-refractivity contribution in [2.24, 2.45) is 0 Å². The number of hydrogen-bond acceptors (Lipinski definition) is 3. The van der Waals surface area contributed by atoms with Crippen LogP contribution in [0, 0.1) is 5.82 Å². The van der Waals surface area contributed by atoms with E-state index < -0.39 is 0 Å². The summed E-state index contributed by atoms with van der Waals surface area (Å²) in [5, 5.41) is 6.06. The third-order valence-corrected chi connectivity index (χ3v) is 3.96. The topological polar surface area (TPSA) is 54.0 Å². The van der Waals surface area contributed by atoms with E-state index in [0.717, 1.165) is 11.4 Å². The highest BCUT2D eigenvalue weighted by molar-refractivity contribution is 6.04. The van der Waals surface area contributed by atoms with E-state index in [1.165, 1.54) is 36.0 Å². The summed E-state index contributed by atoms with van der Waals surface area (Å²) in [5.74, 6) is -0.277. The summed E-state index contributed by atoms with van der Waals surface area (Å²) in [5.41, 5.74) is 3.85. The molecular weight excluding hydrogens is 329 g/mol. The first-order chi connectivity index (χ1) is 12.5. The fourth-order valence-corrected chi connectivity index (χ4v) is 2.64. The van der Waals surface area contributed by atoms with Gasteiger partial charge in [-0.1, -0.05) is 32.0 Å². The Hall–Kier alpha value is -3.21. The Labute approximate surface area is 152 Å². The van der Waals surface area contributed by atoms with Gasteiger partial charge in [0.2, 0.25) is 0 Å². The molecule has 26 heavy (non-hydrogen) atoms. The van der Waals surface area contributed by atoms with Crippen LogP contribution in [0.15, 0.2) is 67.0 Å². The van der Waals surface area contributed by atoms with Crippen molar-refractivity contribution in [1.82, 2.24) is 4.98 Å². The molecule has 0 aliphatic heterocycles. The second-order valence-electron chi connectivity index (χ2n) is 6.29. The van der Waals surface area contributed by atoms with Crippen molar-refractivity contribution in [3.8, 4) is 0 Å². The summed E-state index contributed by atoms with van der Waals surface area (Å²) in [7, 11) is 0. The van der Waals surface area contributed by atoms with Crippen LogP contribution >= 0.6 is 0 Å². The van der Waals surface area contributed by atoms with Crippen LogP contribution in [0.25, 0.3) is 0 Å². The third-order valence-electron chi connectivity index (χ3n) is 3.96. The average Bonchev–Trinajstić information content (AvgIpc) is 2.64. The highest BCUT2D eigenvalue weighted by atomic mass is 19.1. The van der Waals surface area contributed by atoms with E-state index in [4.69, 9.17) is 0 Å². The lowest BCUT2D eigenvalue weighted by atomic mass is 10.0. The predicted octanol–water partition coefficient (Wildman–Crippen LogP) is 5.34. The first-order valence-corrected chi connectivity index (χ1v) is 8.41. The maximum absolute atomic E-state index is 13.0. The van der Waals surface area contributed by atoms with Gasteiger partial charge in [-0.3, -0.25) is 9.78 Å². The van der Waals surface area contributed by atoms with Crippen LogP contribution in [-0.2, 0) is 0 Å². The molecule has 5 heteroatoms. The van der Waals surface area contributed by atoms with Crippen LogP contribution in [-0.4, -0.2) is 10.9 Å². The normalized spacial score (nSPS) is 10.6. The fourth-order valence-electron chi connectivity index (χ4n) is 2.64. The standard InChI is InChI=1S/C21H20FN3O/c1-14(2)19-5-3-4-6-20(19)24-18-11-15(12-23-13-18)21(26)25-17-9-7-16(22)8-10-17/h3-14,24H,1-2H3,(H,25,26). The Kier molecular flexibility index (Phi) is 5.27. The highest BCUT2D eigenvalue weighted by Gasteiger charge is 2.10. The first kappa shape index (κ1) is 17.6. The van der Waals surface area contributed by atoms with Crippen LogP contribution in [0.5, 0.6) is 0 Å². The van der Waals surface area contributed by atoms with Crippen molar-refractivity contribution in [1.29, 1.82) is 0 Å². The number of nitrogens with one attached hydrogen (secondary N) is 2. The summed E-state index contributed by atoms with van der Waals surface area (Å²) in [6.45, 7) is 4.26. The van der Waals surface area contributed by atoms with E-state index in [0.29, 0.717) is 17.2 Å². The summed E-state index contributed by atoms with van der Waals surface area (Å²) in [4.78, 5) is 16.6. The molecule has 0 aliphatic rings. The van der Waals surface area contributed by atoms with Gasteiger partial charge in [0.05, 0.1) is 17.4 Å². The molecule has 132 valence electrons. The molecule has 0 unspecified atom stereocenters. The lowest BCUT2D eigenvalue weighted by Crippen LogP contribution is -2.12. The van der Waals surface area contributed by atoms with Gasteiger partial charge in [-0.15, -0.1) is 0 Å². The van der Waals surface area contributed by atoms with Gasteiger partial charge in [0.15, 0.2) is 0 Å². The number of benzene rings is 2. The van der Waals surface area contributed by atoms with Crippen molar-refractivity contribution in [3.63, 3.8) is 0 Å². The van der Waals surface area contributed by atoms with E-state index in [-0.39, 0.29) is 11.7 Å². The molecule has 0 fully saturated rings. The molecule has 0 atom stereocenters. The minimum atomic E-state index is -0.348. The zero-order chi connectivity index (χ0) is 18.5. The Bertz CT molecular complexity index is 907. The summed E-state index contributed by atoms with van der Waals surface area (Å²) in [6.07, 6.45) is 3.17. The summed E-state index contributed by atoms with van der Waals surface area (Å²) >= 11 is 0. The number of para-hydroxylation sites is 1. The number of halogens is 1. The molecular formula is C21H20FN3O. The van der Waals surface area contributed by atoms with Crippen LogP contribution < -0.4 is 10.6 Å². The van der Waals surface area contributed by atoms with Crippen LogP contribution in [0.4, 0.5) is 21.5 Å². The van der Waals surface area contributed by atoms with Gasteiger partial charge < -0.3 is 10.6 Å². The highest BCUT2D eigenvalue weighted by Crippen LogP contribution is 2.27. The molecule has 1 amide bonds.